The number of carbonyl (C=O) groups excluding carboxylic acids is 1. The molecule has 2 heterocycles. The van der Waals surface area contributed by atoms with E-state index in [0.717, 1.165) is 25.8 Å². The van der Waals surface area contributed by atoms with E-state index in [0.29, 0.717) is 25.6 Å². The Bertz CT molecular complexity index is 739. The molecule has 2 unspecified atom stereocenters. The summed E-state index contributed by atoms with van der Waals surface area (Å²) in [4.78, 5) is 15.4. The molecule has 1 aromatic rings. The first-order chi connectivity index (χ1) is 13.5. The van der Waals surface area contributed by atoms with E-state index in [1.165, 1.54) is 30.1 Å². The zero-order chi connectivity index (χ0) is 20.0. The van der Waals surface area contributed by atoms with E-state index in [9.17, 15) is 13.2 Å². The van der Waals surface area contributed by atoms with E-state index in [-0.39, 0.29) is 10.8 Å². The van der Waals surface area contributed by atoms with Crippen molar-refractivity contribution in [2.45, 2.75) is 68.8 Å². The highest BCUT2D eigenvalue weighted by Gasteiger charge is 2.39. The molecule has 1 N–H and O–H groups in total. The average Bonchev–Trinajstić information content (AvgIpc) is 3.20. The third-order valence-electron chi connectivity index (χ3n) is 5.97. The van der Waals surface area contributed by atoms with Crippen LogP contribution in [0.2, 0.25) is 0 Å². The molecule has 0 radical (unpaired) electrons. The second-order valence-electron chi connectivity index (χ2n) is 7.97. The van der Waals surface area contributed by atoms with Crippen molar-refractivity contribution in [3.8, 4) is 0 Å². The molecule has 2 saturated heterocycles. The van der Waals surface area contributed by atoms with Gasteiger partial charge in [-0.1, -0.05) is 24.6 Å². The average molecular weight is 408 g/mol. The van der Waals surface area contributed by atoms with Crippen molar-refractivity contribution in [1.29, 1.82) is 0 Å². The molecule has 1 amide bonds. The predicted octanol–water partition coefficient (Wildman–Crippen LogP) is 2.61. The van der Waals surface area contributed by atoms with Crippen molar-refractivity contribution in [2.75, 3.05) is 26.2 Å². The maximum Gasteiger partial charge on any atom is 0.243 e. The number of sulfonamides is 1. The van der Waals surface area contributed by atoms with Crippen LogP contribution in [0.1, 0.15) is 51.9 Å². The minimum absolute atomic E-state index is 0.164. The van der Waals surface area contributed by atoms with Crippen LogP contribution in [0.3, 0.4) is 0 Å². The lowest BCUT2D eigenvalue weighted by Gasteiger charge is -2.33. The Morgan fingerprint density at radius 2 is 1.86 bits per heavy atom. The lowest BCUT2D eigenvalue weighted by Crippen LogP contribution is -2.46. The van der Waals surface area contributed by atoms with Gasteiger partial charge >= 0.3 is 0 Å². The number of rotatable bonds is 8. The van der Waals surface area contributed by atoms with Gasteiger partial charge in [-0.05, 0) is 70.7 Å². The maximum absolute atomic E-state index is 12.9. The van der Waals surface area contributed by atoms with Crippen LogP contribution < -0.4 is 5.32 Å². The van der Waals surface area contributed by atoms with Crippen molar-refractivity contribution >= 4 is 15.9 Å². The van der Waals surface area contributed by atoms with E-state index < -0.39 is 16.1 Å². The second kappa shape index (κ2) is 9.85. The van der Waals surface area contributed by atoms with Crippen molar-refractivity contribution in [3.05, 3.63) is 30.3 Å². The van der Waals surface area contributed by atoms with E-state index in [1.807, 2.05) is 0 Å². The Labute approximate surface area is 169 Å². The third kappa shape index (κ3) is 5.13. The molecule has 7 heteroatoms. The minimum atomic E-state index is -3.62. The van der Waals surface area contributed by atoms with Gasteiger partial charge in [-0.15, -0.1) is 0 Å². The van der Waals surface area contributed by atoms with Crippen LogP contribution in [0, 0.1) is 0 Å². The van der Waals surface area contributed by atoms with Crippen molar-refractivity contribution in [2.24, 2.45) is 0 Å². The van der Waals surface area contributed by atoms with E-state index in [4.69, 9.17) is 0 Å². The van der Waals surface area contributed by atoms with Crippen molar-refractivity contribution in [1.82, 2.24) is 14.5 Å². The smallest absolute Gasteiger partial charge is 0.243 e. The molecule has 0 saturated carbocycles. The summed E-state index contributed by atoms with van der Waals surface area (Å²) >= 11 is 0. The number of amides is 1. The van der Waals surface area contributed by atoms with Crippen LogP contribution in [0.5, 0.6) is 0 Å². The van der Waals surface area contributed by atoms with Gasteiger partial charge in [-0.25, -0.2) is 8.42 Å². The van der Waals surface area contributed by atoms with Gasteiger partial charge in [-0.3, -0.25) is 4.79 Å². The maximum atomic E-state index is 12.9. The summed E-state index contributed by atoms with van der Waals surface area (Å²) in [6, 6.07) is 8.46. The highest BCUT2D eigenvalue weighted by atomic mass is 32.2. The summed E-state index contributed by atoms with van der Waals surface area (Å²) in [5.41, 5.74) is 0. The Balaban J connectivity index is 1.46. The third-order valence-corrected chi connectivity index (χ3v) is 7.89. The lowest BCUT2D eigenvalue weighted by atomic mass is 10.0. The van der Waals surface area contributed by atoms with Gasteiger partial charge in [-0.2, -0.15) is 4.31 Å². The molecule has 2 aliphatic heterocycles. The van der Waals surface area contributed by atoms with E-state index in [2.05, 4.69) is 17.1 Å². The fourth-order valence-electron chi connectivity index (χ4n) is 4.28. The Hall–Kier alpha value is -1.44. The molecule has 6 nitrogen and oxygen atoms in total. The zero-order valence-electron chi connectivity index (χ0n) is 16.8. The van der Waals surface area contributed by atoms with Gasteiger partial charge in [0.1, 0.15) is 6.04 Å². The number of likely N-dealkylation sites (tertiary alicyclic amines) is 1. The molecular weight excluding hydrogens is 374 g/mol. The van der Waals surface area contributed by atoms with E-state index in [1.54, 1.807) is 30.3 Å². The fourth-order valence-corrected chi connectivity index (χ4v) is 5.95. The quantitative estimate of drug-likeness (QED) is 0.673. The summed E-state index contributed by atoms with van der Waals surface area (Å²) in [5.74, 6) is -0.164. The number of nitrogens with zero attached hydrogens (tertiary/aromatic N) is 2. The lowest BCUT2D eigenvalue weighted by molar-refractivity contribution is -0.124. The summed E-state index contributed by atoms with van der Waals surface area (Å²) in [7, 11) is -3.62. The summed E-state index contributed by atoms with van der Waals surface area (Å²) in [6.07, 6.45) is 7.19. The number of unbranched alkanes of at least 4 members (excludes halogenated alkanes) is 1. The normalized spacial score (nSPS) is 24.3. The first kappa shape index (κ1) is 21.3. The van der Waals surface area contributed by atoms with Crippen LogP contribution in [-0.2, 0) is 14.8 Å². The first-order valence-electron chi connectivity index (χ1n) is 10.6. The Morgan fingerprint density at radius 1 is 1.07 bits per heavy atom. The van der Waals surface area contributed by atoms with Gasteiger partial charge in [0.2, 0.25) is 15.9 Å². The molecule has 1 aromatic carbocycles. The van der Waals surface area contributed by atoms with Gasteiger partial charge in [0.25, 0.3) is 0 Å². The van der Waals surface area contributed by atoms with Gasteiger partial charge in [0.05, 0.1) is 4.90 Å². The Kier molecular flexibility index (Phi) is 7.48. The number of benzene rings is 1. The molecule has 2 aliphatic rings. The monoisotopic (exact) mass is 407 g/mol. The minimum Gasteiger partial charge on any atom is -0.355 e. The molecule has 3 rings (SSSR count). The first-order valence-corrected chi connectivity index (χ1v) is 12.0. The predicted molar refractivity (Wildman–Crippen MR) is 110 cm³/mol. The number of carbonyl (C=O) groups is 1. The Morgan fingerprint density at radius 3 is 2.61 bits per heavy atom. The summed E-state index contributed by atoms with van der Waals surface area (Å²) in [6.45, 7) is 5.57. The van der Waals surface area contributed by atoms with E-state index >= 15 is 0 Å². The van der Waals surface area contributed by atoms with Crippen molar-refractivity contribution in [3.63, 3.8) is 0 Å². The van der Waals surface area contributed by atoms with Gasteiger partial charge in [0, 0.05) is 19.1 Å². The van der Waals surface area contributed by atoms with Crippen LogP contribution in [0.25, 0.3) is 0 Å². The number of hydrogen-bond acceptors (Lipinski definition) is 4. The molecular formula is C21H33N3O3S. The summed E-state index contributed by atoms with van der Waals surface area (Å²) in [5, 5.41) is 2.96. The number of piperidine rings is 1. The molecule has 0 aromatic heterocycles. The van der Waals surface area contributed by atoms with Gasteiger partial charge in [0.15, 0.2) is 0 Å². The SMILES string of the molecule is CC1CCCCN1CCCCNC(=O)C1CCCN1S(=O)(=O)c1ccccc1. The zero-order valence-corrected chi connectivity index (χ0v) is 17.7. The van der Waals surface area contributed by atoms with Crippen molar-refractivity contribution < 1.29 is 13.2 Å². The molecule has 28 heavy (non-hydrogen) atoms. The summed E-state index contributed by atoms with van der Waals surface area (Å²) < 4.78 is 27.1. The topological polar surface area (TPSA) is 69.7 Å². The number of nitrogens with one attached hydrogen (secondary N) is 1. The fraction of sp³-hybridized carbons (Fsp3) is 0.667. The highest BCUT2D eigenvalue weighted by molar-refractivity contribution is 7.89. The van der Waals surface area contributed by atoms with Crippen LogP contribution in [-0.4, -0.2) is 61.8 Å². The molecule has 2 atom stereocenters. The van der Waals surface area contributed by atoms with Gasteiger partial charge < -0.3 is 10.2 Å². The highest BCUT2D eigenvalue weighted by Crippen LogP contribution is 2.26. The number of hydrogen-bond donors (Lipinski definition) is 1. The standard InChI is InChI=1S/C21H33N3O3S/c1-18-10-5-7-15-23(18)16-8-6-14-22-21(25)20-13-9-17-24(20)28(26,27)19-11-3-2-4-12-19/h2-4,11-12,18,20H,5-10,13-17H2,1H3,(H,22,25). The molecule has 0 spiro atoms. The van der Waals surface area contributed by atoms with Crippen LogP contribution in [0.15, 0.2) is 35.2 Å². The second-order valence-corrected chi connectivity index (χ2v) is 9.86. The molecule has 0 bridgehead atoms. The molecule has 156 valence electrons. The largest absolute Gasteiger partial charge is 0.355 e. The molecule has 2 fully saturated rings. The van der Waals surface area contributed by atoms with Crippen LogP contribution >= 0.6 is 0 Å². The molecule has 0 aliphatic carbocycles. The van der Waals surface area contributed by atoms with Crippen LogP contribution in [0.4, 0.5) is 0 Å².